The Balaban J connectivity index is 1.27. The number of likely N-dealkylation sites (tertiary alicyclic amines) is 1. The topological polar surface area (TPSA) is 60.6 Å². The zero-order chi connectivity index (χ0) is 18.9. The van der Waals surface area contributed by atoms with Crippen LogP contribution in [0.2, 0.25) is 0 Å². The van der Waals surface area contributed by atoms with Crippen LogP contribution in [0.3, 0.4) is 0 Å². The van der Waals surface area contributed by atoms with Gasteiger partial charge in [0.1, 0.15) is 5.65 Å². The Kier molecular flexibility index (Phi) is 4.45. The number of benzene rings is 1. The molecule has 0 atom stereocenters. The molecule has 1 saturated heterocycles. The van der Waals surface area contributed by atoms with Crippen LogP contribution in [0.25, 0.3) is 22.3 Å². The van der Waals surface area contributed by atoms with Crippen LogP contribution >= 0.6 is 0 Å². The van der Waals surface area contributed by atoms with Crippen LogP contribution in [0, 0.1) is 6.92 Å². The number of pyridine rings is 1. The van der Waals surface area contributed by atoms with E-state index in [4.69, 9.17) is 0 Å². The van der Waals surface area contributed by atoms with Gasteiger partial charge in [0.25, 0.3) is 0 Å². The zero-order valence-electron chi connectivity index (χ0n) is 16.2. The van der Waals surface area contributed by atoms with Gasteiger partial charge in [0, 0.05) is 29.9 Å². The summed E-state index contributed by atoms with van der Waals surface area (Å²) in [4.78, 5) is 10.3. The quantitative estimate of drug-likeness (QED) is 0.549. The smallest absolute Gasteiger partial charge is 0.137 e. The zero-order valence-corrected chi connectivity index (χ0v) is 16.2. The van der Waals surface area contributed by atoms with E-state index in [1.165, 1.54) is 40.5 Å². The molecule has 4 aromatic rings. The maximum absolute atomic E-state index is 4.43. The lowest BCUT2D eigenvalue weighted by Gasteiger charge is -2.31. The number of nitrogens with zero attached hydrogens (tertiary/aromatic N) is 3. The second kappa shape index (κ2) is 7.24. The van der Waals surface area contributed by atoms with Gasteiger partial charge in [-0.15, -0.1) is 0 Å². The second-order valence-corrected chi connectivity index (χ2v) is 7.83. The third-order valence-corrected chi connectivity index (χ3v) is 5.96. The summed E-state index contributed by atoms with van der Waals surface area (Å²) < 4.78 is 0. The van der Waals surface area contributed by atoms with Gasteiger partial charge in [-0.1, -0.05) is 29.8 Å². The minimum absolute atomic E-state index is 0.607. The molecule has 0 unspecified atom stereocenters. The van der Waals surface area contributed by atoms with E-state index in [9.17, 15) is 0 Å². The van der Waals surface area contributed by atoms with E-state index in [-0.39, 0.29) is 0 Å². The fourth-order valence-electron chi connectivity index (χ4n) is 4.36. The van der Waals surface area contributed by atoms with Crippen LogP contribution in [0.15, 0.2) is 55.0 Å². The molecule has 0 aliphatic carbocycles. The largest absolute Gasteiger partial charge is 0.346 e. The molecule has 0 bridgehead atoms. The summed E-state index contributed by atoms with van der Waals surface area (Å²) in [5, 5.41) is 8.78. The molecule has 4 heterocycles. The highest BCUT2D eigenvalue weighted by molar-refractivity contribution is 5.80. The predicted molar refractivity (Wildman–Crippen MR) is 112 cm³/mol. The summed E-state index contributed by atoms with van der Waals surface area (Å²) >= 11 is 0. The Bertz CT molecular complexity index is 1070. The van der Waals surface area contributed by atoms with Gasteiger partial charge in [0.15, 0.2) is 0 Å². The highest BCUT2D eigenvalue weighted by Gasteiger charge is 2.24. The van der Waals surface area contributed by atoms with Gasteiger partial charge in [-0.25, -0.2) is 4.98 Å². The molecule has 0 amide bonds. The second-order valence-electron chi connectivity index (χ2n) is 7.83. The molecule has 5 nitrogen and oxygen atoms in total. The Morgan fingerprint density at radius 3 is 2.75 bits per heavy atom. The molecular formula is C23H25N5. The molecule has 5 heteroatoms. The van der Waals surface area contributed by atoms with Gasteiger partial charge >= 0.3 is 0 Å². The number of hydrogen-bond acceptors (Lipinski definition) is 3. The molecule has 28 heavy (non-hydrogen) atoms. The molecule has 1 fully saturated rings. The Morgan fingerprint density at radius 2 is 1.93 bits per heavy atom. The molecular weight excluding hydrogens is 346 g/mol. The Morgan fingerprint density at radius 1 is 1.11 bits per heavy atom. The monoisotopic (exact) mass is 371 g/mol. The van der Waals surface area contributed by atoms with Gasteiger partial charge < -0.3 is 4.98 Å². The lowest BCUT2D eigenvalue weighted by atomic mass is 9.89. The summed E-state index contributed by atoms with van der Waals surface area (Å²) in [6.07, 6.45) is 8.34. The number of aryl methyl sites for hydroxylation is 1. The molecule has 1 aliphatic heterocycles. The molecule has 1 aliphatic rings. The number of rotatable bonds is 4. The van der Waals surface area contributed by atoms with Gasteiger partial charge in [0.05, 0.1) is 11.9 Å². The minimum atomic E-state index is 0.607. The molecule has 142 valence electrons. The first-order chi connectivity index (χ1) is 13.8. The standard InChI is InChI=1S/C23H25N5/c1-16-4-6-18(7-5-16)22-19(13-26-27-22)15-28-11-8-17(9-12-28)21-14-25-23-20(21)3-2-10-24-23/h2-7,10,13-14,17H,8-9,11-12,15H2,1H3,(H,24,25)(H,26,27). The lowest BCUT2D eigenvalue weighted by molar-refractivity contribution is 0.205. The van der Waals surface area contributed by atoms with Crippen molar-refractivity contribution < 1.29 is 0 Å². The van der Waals surface area contributed by atoms with Gasteiger partial charge in [0.2, 0.25) is 0 Å². The van der Waals surface area contributed by atoms with Crippen LogP contribution < -0.4 is 0 Å². The summed E-state index contributed by atoms with van der Waals surface area (Å²) in [6.45, 7) is 5.28. The molecule has 0 spiro atoms. The summed E-state index contributed by atoms with van der Waals surface area (Å²) in [5.74, 6) is 0.607. The van der Waals surface area contributed by atoms with Gasteiger partial charge in [-0.05, 0) is 62.0 Å². The number of fused-ring (bicyclic) bond motifs is 1. The van der Waals surface area contributed by atoms with Crippen molar-refractivity contribution in [2.45, 2.75) is 32.2 Å². The third kappa shape index (κ3) is 3.22. The molecule has 1 aromatic carbocycles. The van der Waals surface area contributed by atoms with Crippen molar-refractivity contribution in [1.82, 2.24) is 25.1 Å². The number of H-pyrrole nitrogens is 2. The van der Waals surface area contributed by atoms with E-state index in [0.717, 1.165) is 31.0 Å². The van der Waals surface area contributed by atoms with E-state index in [1.807, 2.05) is 18.5 Å². The molecule has 2 N–H and O–H groups in total. The average molecular weight is 371 g/mol. The van der Waals surface area contributed by atoms with Gasteiger partial charge in [-0.3, -0.25) is 10.00 Å². The molecule has 0 saturated carbocycles. The van der Waals surface area contributed by atoms with Crippen molar-refractivity contribution in [1.29, 1.82) is 0 Å². The summed E-state index contributed by atoms with van der Waals surface area (Å²) in [5.41, 5.74) is 7.33. The normalized spacial score (nSPS) is 16.0. The van der Waals surface area contributed by atoms with Crippen molar-refractivity contribution in [2.24, 2.45) is 0 Å². The molecule has 3 aromatic heterocycles. The van der Waals surface area contributed by atoms with Crippen molar-refractivity contribution in [3.8, 4) is 11.3 Å². The Labute approximate surface area is 164 Å². The first-order valence-corrected chi connectivity index (χ1v) is 10.0. The summed E-state index contributed by atoms with van der Waals surface area (Å²) in [6, 6.07) is 12.9. The van der Waals surface area contributed by atoms with Crippen LogP contribution in [-0.2, 0) is 6.54 Å². The van der Waals surface area contributed by atoms with Crippen molar-refractivity contribution in [2.75, 3.05) is 13.1 Å². The third-order valence-electron chi connectivity index (χ3n) is 5.96. The highest BCUT2D eigenvalue weighted by atomic mass is 15.2. The fraction of sp³-hybridized carbons (Fsp3) is 0.304. The van der Waals surface area contributed by atoms with Crippen molar-refractivity contribution >= 4 is 11.0 Å². The SMILES string of the molecule is Cc1ccc(-c2[nH]ncc2CN2CCC(c3c[nH]c4ncccc34)CC2)cc1. The van der Waals surface area contributed by atoms with Crippen LogP contribution in [0.5, 0.6) is 0 Å². The van der Waals surface area contributed by atoms with Crippen LogP contribution in [0.4, 0.5) is 0 Å². The lowest BCUT2D eigenvalue weighted by Crippen LogP contribution is -2.32. The van der Waals surface area contributed by atoms with E-state index in [2.05, 4.69) is 68.5 Å². The maximum atomic E-state index is 4.43. The number of nitrogens with one attached hydrogen (secondary N) is 2. The molecule has 5 rings (SSSR count). The fourth-order valence-corrected chi connectivity index (χ4v) is 4.36. The van der Waals surface area contributed by atoms with Gasteiger partial charge in [-0.2, -0.15) is 5.10 Å². The van der Waals surface area contributed by atoms with E-state index in [1.54, 1.807) is 0 Å². The summed E-state index contributed by atoms with van der Waals surface area (Å²) in [7, 11) is 0. The number of hydrogen-bond donors (Lipinski definition) is 2. The Hall–Kier alpha value is -2.92. The first kappa shape index (κ1) is 17.2. The predicted octanol–water partition coefficient (Wildman–Crippen LogP) is 4.64. The maximum Gasteiger partial charge on any atom is 0.137 e. The average Bonchev–Trinajstić information content (AvgIpc) is 3.36. The minimum Gasteiger partial charge on any atom is -0.346 e. The number of aromatic amines is 2. The van der Waals surface area contributed by atoms with E-state index in [0.29, 0.717) is 5.92 Å². The van der Waals surface area contributed by atoms with E-state index >= 15 is 0 Å². The van der Waals surface area contributed by atoms with Crippen LogP contribution in [-0.4, -0.2) is 38.2 Å². The number of aromatic nitrogens is 4. The highest BCUT2D eigenvalue weighted by Crippen LogP contribution is 2.33. The molecule has 0 radical (unpaired) electrons. The van der Waals surface area contributed by atoms with Crippen molar-refractivity contribution in [3.05, 3.63) is 71.7 Å². The van der Waals surface area contributed by atoms with E-state index < -0.39 is 0 Å². The van der Waals surface area contributed by atoms with Crippen LogP contribution in [0.1, 0.15) is 35.4 Å². The van der Waals surface area contributed by atoms with Crippen molar-refractivity contribution in [3.63, 3.8) is 0 Å². The number of piperidine rings is 1. The first-order valence-electron chi connectivity index (χ1n) is 10.0.